The average Bonchev–Trinajstić information content (AvgIpc) is 2.50. The number of aromatic nitrogens is 1. The van der Waals surface area contributed by atoms with Gasteiger partial charge in [0.15, 0.2) is 0 Å². The Morgan fingerprint density at radius 2 is 1.79 bits per heavy atom. The molecule has 0 fully saturated rings. The summed E-state index contributed by atoms with van der Waals surface area (Å²) in [6.45, 7) is -5.09. The van der Waals surface area contributed by atoms with Crippen molar-refractivity contribution in [3.8, 4) is 0 Å². The van der Waals surface area contributed by atoms with Crippen molar-refractivity contribution in [1.29, 1.82) is 0 Å². The van der Waals surface area contributed by atoms with E-state index in [1.54, 1.807) is 0 Å². The van der Waals surface area contributed by atoms with Gasteiger partial charge in [0.1, 0.15) is 5.82 Å². The fourth-order valence-electron chi connectivity index (χ4n) is 1.43. The predicted octanol–water partition coefficient (Wildman–Crippen LogP) is 2.36. The van der Waals surface area contributed by atoms with Crippen LogP contribution in [0.4, 0.5) is 17.3 Å². The molecule has 0 radical (unpaired) electrons. The second-order valence-electron chi connectivity index (χ2n) is 2.98. The summed E-state index contributed by atoms with van der Waals surface area (Å²) in [7, 11) is 0. The molecule has 0 aliphatic heterocycles. The van der Waals surface area contributed by atoms with Crippen molar-refractivity contribution in [3.05, 3.63) is 30.2 Å². The molecule has 1 N–H and O–H groups in total. The van der Waals surface area contributed by atoms with Crippen LogP contribution in [0.25, 0.3) is 10.9 Å². The Kier molecular flexibility index (Phi) is 1.80. The monoisotopic (exact) mass is 202 g/mol. The average molecular weight is 202 g/mol. The van der Waals surface area contributed by atoms with Crippen LogP contribution in [0.15, 0.2) is 24.4 Å². The van der Waals surface area contributed by atoms with Gasteiger partial charge in [0.05, 0.1) is 5.52 Å². The summed E-state index contributed by atoms with van der Waals surface area (Å²) in [5.74, 6) is -0.672. The minimum Gasteiger partial charge on any atom is -0.445 e. The van der Waals surface area contributed by atoms with Crippen molar-refractivity contribution in [1.82, 2.24) is 4.98 Å². The number of benzene rings is 1. The Labute approximate surface area is 76.8 Å². The van der Waals surface area contributed by atoms with Gasteiger partial charge >= 0.3 is 6.98 Å². The molecule has 1 nitrogen and oxygen atoms in total. The zero-order valence-corrected chi connectivity index (χ0v) is 6.90. The Balaban J connectivity index is 2.80. The lowest BCUT2D eigenvalue weighted by molar-refractivity contribution is 0.501. The first kappa shape index (κ1) is 9.11. The van der Waals surface area contributed by atoms with Gasteiger partial charge in [-0.2, -0.15) is 0 Å². The SMILES string of the molecule is Fc1ccc([B-](F)(F)F)c2cc[nH]c12. The van der Waals surface area contributed by atoms with Gasteiger partial charge in [-0.1, -0.05) is 11.5 Å². The Bertz CT molecular complexity index is 474. The highest BCUT2D eigenvalue weighted by Gasteiger charge is 2.28. The van der Waals surface area contributed by atoms with E-state index >= 15 is 0 Å². The van der Waals surface area contributed by atoms with Gasteiger partial charge < -0.3 is 17.9 Å². The standard InChI is InChI=1S/C8H5BF4N/c10-7-2-1-6(9(11,12)13)5-3-4-14-8(5)7/h1-4,14H/q-1. The van der Waals surface area contributed by atoms with Crippen molar-refractivity contribution >= 4 is 23.3 Å². The van der Waals surface area contributed by atoms with Crippen LogP contribution in [0.3, 0.4) is 0 Å². The molecule has 6 heteroatoms. The predicted molar refractivity (Wildman–Crippen MR) is 47.0 cm³/mol. The number of H-pyrrole nitrogens is 1. The van der Waals surface area contributed by atoms with E-state index in [0.717, 1.165) is 12.1 Å². The van der Waals surface area contributed by atoms with Crippen LogP contribution in [0.2, 0.25) is 0 Å². The highest BCUT2D eigenvalue weighted by molar-refractivity contribution is 6.75. The summed E-state index contributed by atoms with van der Waals surface area (Å²) in [6, 6.07) is 2.82. The molecule has 2 aromatic rings. The van der Waals surface area contributed by atoms with E-state index in [-0.39, 0.29) is 10.9 Å². The molecule has 0 bridgehead atoms. The van der Waals surface area contributed by atoms with Crippen LogP contribution in [0.1, 0.15) is 0 Å². The van der Waals surface area contributed by atoms with E-state index in [2.05, 4.69) is 4.98 Å². The molecule has 0 saturated heterocycles. The molecule has 0 spiro atoms. The second-order valence-corrected chi connectivity index (χ2v) is 2.98. The molecular weight excluding hydrogens is 197 g/mol. The molecule has 1 aromatic carbocycles. The van der Waals surface area contributed by atoms with Crippen molar-refractivity contribution in [3.63, 3.8) is 0 Å². The summed E-state index contributed by atoms with van der Waals surface area (Å²) >= 11 is 0. The maximum absolute atomic E-state index is 13.0. The van der Waals surface area contributed by atoms with Gasteiger partial charge in [0.25, 0.3) is 0 Å². The zero-order chi connectivity index (χ0) is 10.3. The maximum Gasteiger partial charge on any atom is 0.510 e. The van der Waals surface area contributed by atoms with Crippen molar-refractivity contribution in [2.24, 2.45) is 0 Å². The molecule has 0 unspecified atom stereocenters. The van der Waals surface area contributed by atoms with Crippen LogP contribution in [-0.4, -0.2) is 12.0 Å². The Morgan fingerprint density at radius 3 is 2.43 bits per heavy atom. The maximum atomic E-state index is 13.0. The highest BCUT2D eigenvalue weighted by Crippen LogP contribution is 2.19. The van der Waals surface area contributed by atoms with Crippen LogP contribution in [0.5, 0.6) is 0 Å². The lowest BCUT2D eigenvalue weighted by Crippen LogP contribution is -2.34. The largest absolute Gasteiger partial charge is 0.510 e. The summed E-state index contributed by atoms with van der Waals surface area (Å²) in [5.41, 5.74) is -0.857. The third kappa shape index (κ3) is 1.27. The lowest BCUT2D eigenvalue weighted by atomic mass is 9.78. The lowest BCUT2D eigenvalue weighted by Gasteiger charge is -2.15. The molecule has 0 amide bonds. The quantitative estimate of drug-likeness (QED) is 0.539. The minimum atomic E-state index is -5.09. The molecule has 0 aliphatic rings. The van der Waals surface area contributed by atoms with Gasteiger partial charge in [0, 0.05) is 6.20 Å². The van der Waals surface area contributed by atoms with Gasteiger partial charge in [-0.15, -0.1) is 0 Å². The van der Waals surface area contributed by atoms with Gasteiger partial charge in [-0.05, 0) is 17.5 Å². The van der Waals surface area contributed by atoms with Crippen molar-refractivity contribution in [2.45, 2.75) is 0 Å². The first-order valence-corrected chi connectivity index (χ1v) is 3.95. The van der Waals surface area contributed by atoms with E-state index in [1.807, 2.05) is 0 Å². The van der Waals surface area contributed by atoms with Crippen LogP contribution in [-0.2, 0) is 0 Å². The van der Waals surface area contributed by atoms with E-state index in [9.17, 15) is 17.3 Å². The van der Waals surface area contributed by atoms with Gasteiger partial charge in [0.2, 0.25) is 0 Å². The van der Waals surface area contributed by atoms with Crippen LogP contribution < -0.4 is 5.46 Å². The normalized spacial score (nSPS) is 12.3. The van der Waals surface area contributed by atoms with E-state index in [4.69, 9.17) is 0 Å². The fraction of sp³-hybridized carbons (Fsp3) is 0. The van der Waals surface area contributed by atoms with Crippen molar-refractivity contribution in [2.75, 3.05) is 0 Å². The molecule has 1 aromatic heterocycles. The molecule has 0 atom stereocenters. The number of rotatable bonds is 1. The topological polar surface area (TPSA) is 15.8 Å². The molecule has 14 heavy (non-hydrogen) atoms. The molecule has 74 valence electrons. The number of hydrogen-bond donors (Lipinski definition) is 1. The second kappa shape index (κ2) is 2.77. The van der Waals surface area contributed by atoms with E-state index in [1.165, 1.54) is 12.3 Å². The fourth-order valence-corrected chi connectivity index (χ4v) is 1.43. The smallest absolute Gasteiger partial charge is 0.445 e. The minimum absolute atomic E-state index is 0.0956. The van der Waals surface area contributed by atoms with Crippen LogP contribution >= 0.6 is 0 Å². The Hall–Kier alpha value is -1.46. The van der Waals surface area contributed by atoms with Gasteiger partial charge in [-0.3, -0.25) is 0 Å². The van der Waals surface area contributed by atoms with Gasteiger partial charge in [-0.25, -0.2) is 4.39 Å². The summed E-state index contributed by atoms with van der Waals surface area (Å²) in [6.07, 6.45) is 1.29. The number of halogens is 4. The Morgan fingerprint density at radius 1 is 1.07 bits per heavy atom. The third-order valence-corrected chi connectivity index (χ3v) is 2.06. The van der Waals surface area contributed by atoms with Crippen LogP contribution in [0, 0.1) is 5.82 Å². The van der Waals surface area contributed by atoms with E-state index < -0.39 is 18.3 Å². The molecular formula is C8H5BF4N-. The molecule has 0 aliphatic carbocycles. The molecule has 1 heterocycles. The molecule has 2 rings (SSSR count). The summed E-state index contributed by atoms with van der Waals surface area (Å²) in [5, 5.41) is -0.113. The number of hydrogen-bond acceptors (Lipinski definition) is 0. The van der Waals surface area contributed by atoms with Crippen molar-refractivity contribution < 1.29 is 17.3 Å². The number of nitrogens with one attached hydrogen (secondary N) is 1. The summed E-state index contributed by atoms with van der Waals surface area (Å²) in [4.78, 5) is 2.44. The summed E-state index contributed by atoms with van der Waals surface area (Å²) < 4.78 is 50.4. The number of fused-ring (bicyclic) bond motifs is 1. The third-order valence-electron chi connectivity index (χ3n) is 2.06. The number of aromatic amines is 1. The van der Waals surface area contributed by atoms with E-state index in [0.29, 0.717) is 0 Å². The first-order chi connectivity index (χ1) is 6.50. The highest BCUT2D eigenvalue weighted by atomic mass is 19.4. The first-order valence-electron chi connectivity index (χ1n) is 3.95. The molecule has 0 saturated carbocycles. The zero-order valence-electron chi connectivity index (χ0n) is 6.90.